The van der Waals surface area contributed by atoms with E-state index in [0.717, 1.165) is 42.9 Å². The van der Waals surface area contributed by atoms with Crippen LogP contribution < -0.4 is 24.3 Å². The second-order valence-electron chi connectivity index (χ2n) is 9.22. The van der Waals surface area contributed by atoms with E-state index >= 15 is 0 Å². The van der Waals surface area contributed by atoms with Crippen LogP contribution in [0.25, 0.3) is 0 Å². The molecule has 9 nitrogen and oxygen atoms in total. The van der Waals surface area contributed by atoms with Crippen molar-refractivity contribution in [2.75, 3.05) is 33.2 Å². The van der Waals surface area contributed by atoms with Crippen LogP contribution in [0.1, 0.15) is 43.4 Å². The first-order chi connectivity index (χ1) is 16.5. The van der Waals surface area contributed by atoms with Crippen LogP contribution in [0.2, 0.25) is 0 Å². The number of hydrogen-bond acceptors (Lipinski definition) is 7. The molecule has 1 N–H and O–H groups in total. The topological polar surface area (TPSA) is 89.6 Å². The van der Waals surface area contributed by atoms with Gasteiger partial charge in [-0.25, -0.2) is 9.69 Å². The molecule has 3 amide bonds. The van der Waals surface area contributed by atoms with E-state index < -0.39 is 11.6 Å². The predicted octanol–water partition coefficient (Wildman–Crippen LogP) is 3.14. The number of ether oxygens (including phenoxy) is 4. The predicted molar refractivity (Wildman–Crippen MR) is 121 cm³/mol. The summed E-state index contributed by atoms with van der Waals surface area (Å²) < 4.78 is 22.5. The van der Waals surface area contributed by atoms with Gasteiger partial charge in [-0.2, -0.15) is 0 Å². The lowest BCUT2D eigenvalue weighted by molar-refractivity contribution is -0.132. The van der Waals surface area contributed by atoms with E-state index in [2.05, 4.69) is 16.3 Å². The molecule has 34 heavy (non-hydrogen) atoms. The molecule has 6 rings (SSSR count). The Morgan fingerprint density at radius 2 is 1.68 bits per heavy atom. The van der Waals surface area contributed by atoms with Crippen LogP contribution in [-0.4, -0.2) is 55.0 Å². The summed E-state index contributed by atoms with van der Waals surface area (Å²) >= 11 is 0. The van der Waals surface area contributed by atoms with Crippen LogP contribution >= 0.6 is 0 Å². The molecule has 0 radical (unpaired) electrons. The van der Waals surface area contributed by atoms with Gasteiger partial charge in [0.1, 0.15) is 5.54 Å². The molecule has 0 saturated carbocycles. The fourth-order valence-corrected chi connectivity index (χ4v) is 5.17. The summed E-state index contributed by atoms with van der Waals surface area (Å²) in [7, 11) is 0. The van der Waals surface area contributed by atoms with Crippen LogP contribution in [0, 0.1) is 0 Å². The van der Waals surface area contributed by atoms with Gasteiger partial charge in [-0.3, -0.25) is 9.69 Å². The Kier molecular flexibility index (Phi) is 5.02. The summed E-state index contributed by atoms with van der Waals surface area (Å²) in [4.78, 5) is 29.9. The van der Waals surface area contributed by atoms with Crippen molar-refractivity contribution in [2.45, 2.75) is 37.8 Å². The van der Waals surface area contributed by atoms with Crippen molar-refractivity contribution in [2.24, 2.45) is 0 Å². The molecule has 2 fully saturated rings. The molecule has 0 bridgehead atoms. The molecule has 0 aromatic heterocycles. The van der Waals surface area contributed by atoms with Crippen molar-refractivity contribution in [1.82, 2.24) is 15.1 Å². The highest BCUT2D eigenvalue weighted by Gasteiger charge is 2.50. The maximum absolute atomic E-state index is 13.5. The Morgan fingerprint density at radius 1 is 0.941 bits per heavy atom. The van der Waals surface area contributed by atoms with Crippen LogP contribution in [-0.2, 0) is 10.3 Å². The van der Waals surface area contributed by atoms with E-state index in [4.69, 9.17) is 18.9 Å². The summed E-state index contributed by atoms with van der Waals surface area (Å²) in [6.07, 6.45) is 2.79. The quantitative estimate of drug-likeness (QED) is 0.694. The number of fused-ring (bicyclic) bond motifs is 2. The molecular weight excluding hydrogens is 438 g/mol. The molecule has 4 heterocycles. The van der Waals surface area contributed by atoms with Crippen LogP contribution in [0.3, 0.4) is 0 Å². The number of nitrogens with zero attached hydrogens (tertiary/aromatic N) is 2. The zero-order valence-electron chi connectivity index (χ0n) is 19.0. The fraction of sp³-hybridized carbons (Fsp3) is 0.440. The van der Waals surface area contributed by atoms with Gasteiger partial charge in [0.25, 0.3) is 5.91 Å². The molecule has 2 aromatic rings. The normalized spacial score (nSPS) is 26.0. The second kappa shape index (κ2) is 8.09. The monoisotopic (exact) mass is 465 g/mol. The Hall–Kier alpha value is -3.46. The minimum absolute atomic E-state index is 0.0927. The first kappa shape index (κ1) is 21.1. The van der Waals surface area contributed by atoms with Gasteiger partial charge >= 0.3 is 6.03 Å². The number of imide groups is 1. The maximum atomic E-state index is 13.5. The minimum atomic E-state index is -1.16. The number of hydrogen-bond donors (Lipinski definition) is 1. The van der Waals surface area contributed by atoms with Gasteiger partial charge in [0, 0.05) is 19.0 Å². The van der Waals surface area contributed by atoms with Crippen molar-refractivity contribution in [3.63, 3.8) is 0 Å². The number of carbonyl (C=O) groups excluding carboxylic acids is 2. The van der Waals surface area contributed by atoms with E-state index in [-0.39, 0.29) is 25.4 Å². The first-order valence-electron chi connectivity index (χ1n) is 11.7. The highest BCUT2D eigenvalue weighted by Crippen LogP contribution is 2.40. The average molecular weight is 466 g/mol. The lowest BCUT2D eigenvalue weighted by Gasteiger charge is -2.29. The molecular formula is C25H27N3O6. The van der Waals surface area contributed by atoms with Gasteiger partial charge in [-0.05, 0) is 55.2 Å². The third kappa shape index (κ3) is 3.42. The zero-order valence-corrected chi connectivity index (χ0v) is 19.0. The van der Waals surface area contributed by atoms with Gasteiger partial charge in [0.05, 0.1) is 19.9 Å². The minimum Gasteiger partial charge on any atom is -0.490 e. The van der Waals surface area contributed by atoms with Crippen LogP contribution in [0.5, 0.6) is 23.0 Å². The SMILES string of the molecule is CC1(c2ccc3c(c2)OCO3)NC(=O)N(CN2CCCC2c2ccc3c(c2)OCCCO3)C1=O. The third-order valence-electron chi connectivity index (χ3n) is 7.07. The molecule has 2 saturated heterocycles. The van der Waals surface area contributed by atoms with Crippen LogP contribution in [0.15, 0.2) is 36.4 Å². The summed E-state index contributed by atoms with van der Waals surface area (Å²) in [5, 5.41) is 2.89. The Labute approximate surface area is 197 Å². The maximum Gasteiger partial charge on any atom is 0.326 e. The standard InChI is InChI=1S/C25H27N3O6/c1-25(17-6-8-20-22(13-17)34-15-33-20)23(29)28(24(30)26-25)14-27-9-2-4-18(27)16-5-7-19-21(12-16)32-11-3-10-31-19/h5-8,12-13,18H,2-4,9-11,14-15H2,1H3,(H,26,30). The van der Waals surface area contributed by atoms with E-state index in [1.807, 2.05) is 12.1 Å². The van der Waals surface area contributed by atoms with Gasteiger partial charge < -0.3 is 24.3 Å². The van der Waals surface area contributed by atoms with E-state index in [9.17, 15) is 9.59 Å². The molecule has 4 aliphatic heterocycles. The number of benzene rings is 2. The highest BCUT2D eigenvalue weighted by molar-refractivity contribution is 6.07. The summed E-state index contributed by atoms with van der Waals surface area (Å²) in [5.41, 5.74) is 0.605. The molecule has 0 aliphatic carbocycles. The van der Waals surface area contributed by atoms with Crippen molar-refractivity contribution in [3.05, 3.63) is 47.5 Å². The van der Waals surface area contributed by atoms with Gasteiger partial charge in [-0.15, -0.1) is 0 Å². The largest absolute Gasteiger partial charge is 0.490 e. The molecule has 2 atom stereocenters. The third-order valence-corrected chi connectivity index (χ3v) is 7.07. The van der Waals surface area contributed by atoms with Crippen molar-refractivity contribution >= 4 is 11.9 Å². The number of rotatable bonds is 4. The second-order valence-corrected chi connectivity index (χ2v) is 9.22. The number of likely N-dealkylation sites (tertiary alicyclic amines) is 1. The fourth-order valence-electron chi connectivity index (χ4n) is 5.17. The lowest BCUT2D eigenvalue weighted by atomic mass is 9.92. The van der Waals surface area contributed by atoms with Crippen molar-refractivity contribution in [1.29, 1.82) is 0 Å². The van der Waals surface area contributed by atoms with Crippen molar-refractivity contribution in [3.8, 4) is 23.0 Å². The molecule has 0 spiro atoms. The molecule has 9 heteroatoms. The number of carbonyl (C=O) groups is 2. The Balaban J connectivity index is 1.22. The summed E-state index contributed by atoms with van der Waals surface area (Å²) in [6.45, 7) is 4.19. The number of nitrogens with one attached hydrogen (secondary N) is 1. The van der Waals surface area contributed by atoms with E-state index in [1.165, 1.54) is 4.90 Å². The lowest BCUT2D eigenvalue weighted by Crippen LogP contribution is -2.43. The molecule has 178 valence electrons. The van der Waals surface area contributed by atoms with E-state index in [1.54, 1.807) is 25.1 Å². The average Bonchev–Trinajstić information content (AvgIpc) is 3.50. The Morgan fingerprint density at radius 3 is 2.56 bits per heavy atom. The van der Waals surface area contributed by atoms with E-state index in [0.29, 0.717) is 30.3 Å². The molecule has 2 unspecified atom stereocenters. The highest BCUT2D eigenvalue weighted by atomic mass is 16.7. The number of urea groups is 1. The summed E-state index contributed by atoms with van der Waals surface area (Å²) in [5.74, 6) is 2.46. The Bertz CT molecular complexity index is 1150. The van der Waals surface area contributed by atoms with Gasteiger partial charge in [0.15, 0.2) is 23.0 Å². The van der Waals surface area contributed by atoms with Crippen molar-refractivity contribution < 1.29 is 28.5 Å². The summed E-state index contributed by atoms with van der Waals surface area (Å²) in [6, 6.07) is 11.1. The first-order valence-corrected chi connectivity index (χ1v) is 11.7. The van der Waals surface area contributed by atoms with Gasteiger partial charge in [-0.1, -0.05) is 12.1 Å². The number of amides is 3. The smallest absolute Gasteiger partial charge is 0.326 e. The molecule has 4 aliphatic rings. The van der Waals surface area contributed by atoms with Gasteiger partial charge in [0.2, 0.25) is 6.79 Å². The van der Waals surface area contributed by atoms with Crippen LogP contribution in [0.4, 0.5) is 4.79 Å². The molecule has 2 aromatic carbocycles. The zero-order chi connectivity index (χ0) is 23.3.